The van der Waals surface area contributed by atoms with E-state index in [1.807, 2.05) is 13.0 Å². The molecule has 1 fully saturated rings. The molecule has 2 aromatic rings. The quantitative estimate of drug-likeness (QED) is 0.904. The van der Waals surface area contributed by atoms with Crippen LogP contribution in [0, 0.1) is 12.7 Å². The third-order valence-corrected chi connectivity index (χ3v) is 4.78. The fourth-order valence-electron chi connectivity index (χ4n) is 3.42. The molecule has 0 aliphatic carbocycles. The van der Waals surface area contributed by atoms with Crippen LogP contribution in [0.5, 0.6) is 0 Å². The minimum absolute atomic E-state index is 0.0359. The summed E-state index contributed by atoms with van der Waals surface area (Å²) in [5.41, 5.74) is 2.29. The first-order valence-electron chi connectivity index (χ1n) is 8.30. The fourth-order valence-corrected chi connectivity index (χ4v) is 3.42. The van der Waals surface area contributed by atoms with Crippen molar-refractivity contribution in [2.75, 3.05) is 13.6 Å². The van der Waals surface area contributed by atoms with E-state index >= 15 is 0 Å². The molecule has 2 atom stereocenters. The SMILES string of the molecule is Cc1[nH]ncc1C(=O)N[C@H]1CCCN(C)[C@H]1Cc1cccc(F)c1. The molecule has 1 aliphatic heterocycles. The van der Waals surface area contributed by atoms with Gasteiger partial charge in [0.15, 0.2) is 0 Å². The number of likely N-dealkylation sites (tertiary alicyclic amines) is 1. The van der Waals surface area contributed by atoms with Gasteiger partial charge < -0.3 is 10.2 Å². The lowest BCUT2D eigenvalue weighted by molar-refractivity contribution is 0.0851. The van der Waals surface area contributed by atoms with Gasteiger partial charge in [0.05, 0.1) is 11.8 Å². The van der Waals surface area contributed by atoms with Crippen molar-refractivity contribution in [2.45, 2.75) is 38.3 Å². The number of likely N-dealkylation sites (N-methyl/N-ethyl adjacent to an activating group) is 1. The molecule has 2 N–H and O–H groups in total. The summed E-state index contributed by atoms with van der Waals surface area (Å²) in [5, 5.41) is 9.84. The Morgan fingerprint density at radius 3 is 3.04 bits per heavy atom. The van der Waals surface area contributed by atoms with Gasteiger partial charge in [0, 0.05) is 17.8 Å². The lowest BCUT2D eigenvalue weighted by Crippen LogP contribution is -2.55. The molecule has 128 valence electrons. The maximum atomic E-state index is 13.5. The molecule has 2 heterocycles. The summed E-state index contributed by atoms with van der Waals surface area (Å²) in [6.45, 7) is 2.82. The summed E-state index contributed by atoms with van der Waals surface area (Å²) >= 11 is 0. The maximum absolute atomic E-state index is 13.5. The number of hydrogen-bond donors (Lipinski definition) is 2. The number of aromatic nitrogens is 2. The average Bonchev–Trinajstić information content (AvgIpc) is 2.97. The number of halogens is 1. The zero-order chi connectivity index (χ0) is 17.1. The molecule has 0 spiro atoms. The molecule has 1 saturated heterocycles. The molecule has 1 amide bonds. The number of nitrogens with one attached hydrogen (secondary N) is 2. The Hall–Kier alpha value is -2.21. The number of H-pyrrole nitrogens is 1. The molecular weight excluding hydrogens is 307 g/mol. The average molecular weight is 330 g/mol. The van der Waals surface area contributed by atoms with Crippen LogP contribution in [0.4, 0.5) is 4.39 Å². The zero-order valence-electron chi connectivity index (χ0n) is 14.1. The normalized spacial score (nSPS) is 21.6. The van der Waals surface area contributed by atoms with Crippen LogP contribution in [0.2, 0.25) is 0 Å². The highest BCUT2D eigenvalue weighted by Gasteiger charge is 2.31. The van der Waals surface area contributed by atoms with Crippen LogP contribution in [0.15, 0.2) is 30.5 Å². The molecular formula is C18H23FN4O. The predicted octanol–water partition coefficient (Wildman–Crippen LogP) is 2.29. The van der Waals surface area contributed by atoms with Gasteiger partial charge in [-0.15, -0.1) is 0 Å². The molecule has 1 aromatic heterocycles. The Morgan fingerprint density at radius 1 is 1.50 bits per heavy atom. The second-order valence-electron chi connectivity index (χ2n) is 6.51. The Labute approximate surface area is 141 Å². The summed E-state index contributed by atoms with van der Waals surface area (Å²) < 4.78 is 13.5. The number of aryl methyl sites for hydroxylation is 1. The van der Waals surface area contributed by atoms with Crippen molar-refractivity contribution in [2.24, 2.45) is 0 Å². The van der Waals surface area contributed by atoms with Gasteiger partial charge in [0.1, 0.15) is 5.82 Å². The van der Waals surface area contributed by atoms with E-state index in [-0.39, 0.29) is 23.8 Å². The van der Waals surface area contributed by atoms with Gasteiger partial charge in [0.25, 0.3) is 5.91 Å². The van der Waals surface area contributed by atoms with E-state index in [0.29, 0.717) is 12.0 Å². The van der Waals surface area contributed by atoms with E-state index in [1.165, 1.54) is 6.07 Å². The predicted molar refractivity (Wildman–Crippen MR) is 90.3 cm³/mol. The smallest absolute Gasteiger partial charge is 0.255 e. The summed E-state index contributed by atoms with van der Waals surface area (Å²) in [6, 6.07) is 6.88. The molecule has 0 saturated carbocycles. The van der Waals surface area contributed by atoms with Crippen LogP contribution < -0.4 is 5.32 Å². The second-order valence-corrected chi connectivity index (χ2v) is 6.51. The first-order valence-corrected chi connectivity index (χ1v) is 8.30. The minimum atomic E-state index is -0.222. The van der Waals surface area contributed by atoms with Crippen molar-refractivity contribution in [1.29, 1.82) is 0 Å². The molecule has 1 aromatic carbocycles. The Kier molecular flexibility index (Phi) is 4.94. The molecule has 0 unspecified atom stereocenters. The number of carbonyl (C=O) groups excluding carboxylic acids is 1. The van der Waals surface area contributed by atoms with Gasteiger partial charge in [-0.05, 0) is 57.5 Å². The van der Waals surface area contributed by atoms with Gasteiger partial charge in [-0.1, -0.05) is 12.1 Å². The molecule has 5 nitrogen and oxygen atoms in total. The van der Waals surface area contributed by atoms with Crippen molar-refractivity contribution in [1.82, 2.24) is 20.4 Å². The van der Waals surface area contributed by atoms with Crippen LogP contribution >= 0.6 is 0 Å². The van der Waals surface area contributed by atoms with Crippen LogP contribution in [-0.4, -0.2) is 46.7 Å². The standard InChI is InChI=1S/C18H23FN4O/c1-12-15(11-20-22-12)18(24)21-16-7-4-8-23(2)17(16)10-13-5-3-6-14(19)9-13/h3,5-6,9,11,16-17H,4,7-8,10H2,1-2H3,(H,20,22)(H,21,24)/t16-,17-/m0/s1. The number of carbonyl (C=O) groups is 1. The number of amides is 1. The fraction of sp³-hybridized carbons (Fsp3) is 0.444. The van der Waals surface area contributed by atoms with Crippen LogP contribution in [0.3, 0.4) is 0 Å². The highest BCUT2D eigenvalue weighted by atomic mass is 19.1. The van der Waals surface area contributed by atoms with Crippen molar-refractivity contribution < 1.29 is 9.18 Å². The Bertz CT molecular complexity index is 715. The molecule has 1 aliphatic rings. The topological polar surface area (TPSA) is 61.0 Å². The van der Waals surface area contributed by atoms with Crippen molar-refractivity contribution in [3.05, 3.63) is 53.1 Å². The number of hydrogen-bond acceptors (Lipinski definition) is 3. The number of rotatable bonds is 4. The van der Waals surface area contributed by atoms with Crippen molar-refractivity contribution in [3.8, 4) is 0 Å². The summed E-state index contributed by atoms with van der Waals surface area (Å²) in [5.74, 6) is -0.327. The summed E-state index contributed by atoms with van der Waals surface area (Å²) in [4.78, 5) is 14.8. The minimum Gasteiger partial charge on any atom is -0.348 e. The van der Waals surface area contributed by atoms with E-state index < -0.39 is 0 Å². The highest BCUT2D eigenvalue weighted by molar-refractivity contribution is 5.95. The van der Waals surface area contributed by atoms with Gasteiger partial charge in [-0.2, -0.15) is 5.10 Å². The monoisotopic (exact) mass is 330 g/mol. The van der Waals surface area contributed by atoms with Crippen molar-refractivity contribution in [3.63, 3.8) is 0 Å². The number of piperidine rings is 1. The molecule has 0 radical (unpaired) electrons. The largest absolute Gasteiger partial charge is 0.348 e. The summed E-state index contributed by atoms with van der Waals surface area (Å²) in [6.07, 6.45) is 4.22. The first-order chi connectivity index (χ1) is 11.5. The molecule has 3 rings (SSSR count). The third kappa shape index (κ3) is 3.64. The lowest BCUT2D eigenvalue weighted by Gasteiger charge is -2.39. The molecule has 6 heteroatoms. The number of aromatic amines is 1. The van der Waals surface area contributed by atoms with Gasteiger partial charge in [-0.3, -0.25) is 9.89 Å². The first kappa shape index (κ1) is 16.6. The highest BCUT2D eigenvalue weighted by Crippen LogP contribution is 2.21. The van der Waals surface area contributed by atoms with E-state index in [1.54, 1.807) is 18.3 Å². The number of nitrogens with zero attached hydrogens (tertiary/aromatic N) is 2. The van der Waals surface area contributed by atoms with Gasteiger partial charge >= 0.3 is 0 Å². The Morgan fingerprint density at radius 2 is 2.33 bits per heavy atom. The number of benzene rings is 1. The van der Waals surface area contributed by atoms with E-state index in [0.717, 1.165) is 30.6 Å². The van der Waals surface area contributed by atoms with E-state index in [9.17, 15) is 9.18 Å². The molecule has 0 bridgehead atoms. The summed E-state index contributed by atoms with van der Waals surface area (Å²) in [7, 11) is 2.06. The second kappa shape index (κ2) is 7.13. The van der Waals surface area contributed by atoms with Crippen LogP contribution in [-0.2, 0) is 6.42 Å². The van der Waals surface area contributed by atoms with Gasteiger partial charge in [-0.25, -0.2) is 4.39 Å². The van der Waals surface area contributed by atoms with Crippen molar-refractivity contribution >= 4 is 5.91 Å². The van der Waals surface area contributed by atoms with Crippen LogP contribution in [0.25, 0.3) is 0 Å². The lowest BCUT2D eigenvalue weighted by atomic mass is 9.91. The van der Waals surface area contributed by atoms with Gasteiger partial charge in [0.2, 0.25) is 0 Å². The Balaban J connectivity index is 1.74. The maximum Gasteiger partial charge on any atom is 0.255 e. The third-order valence-electron chi connectivity index (χ3n) is 4.78. The molecule has 24 heavy (non-hydrogen) atoms. The van der Waals surface area contributed by atoms with Crippen LogP contribution in [0.1, 0.15) is 34.5 Å². The van der Waals surface area contributed by atoms with E-state index in [4.69, 9.17) is 0 Å². The zero-order valence-corrected chi connectivity index (χ0v) is 14.1. The van der Waals surface area contributed by atoms with E-state index in [2.05, 4.69) is 27.5 Å².